The van der Waals surface area contributed by atoms with Crippen LogP contribution < -0.4 is 16.0 Å². The van der Waals surface area contributed by atoms with Crippen molar-refractivity contribution < 1.29 is 19.3 Å². The highest BCUT2D eigenvalue weighted by Gasteiger charge is 2.19. The summed E-state index contributed by atoms with van der Waals surface area (Å²) in [7, 11) is 0. The highest BCUT2D eigenvalue weighted by molar-refractivity contribution is 8.00. The van der Waals surface area contributed by atoms with Crippen LogP contribution in [-0.2, 0) is 9.59 Å². The molecule has 10 heteroatoms. The first-order valence-electron chi connectivity index (χ1n) is 13.4. The van der Waals surface area contributed by atoms with Crippen molar-refractivity contribution >= 4 is 52.6 Å². The van der Waals surface area contributed by atoms with Gasteiger partial charge in [0.15, 0.2) is 0 Å². The highest BCUT2D eigenvalue weighted by atomic mass is 32.2. The molecule has 0 bridgehead atoms. The molecule has 3 amide bonds. The van der Waals surface area contributed by atoms with Gasteiger partial charge in [-0.3, -0.25) is 24.5 Å². The maximum Gasteiger partial charge on any atom is 0.276 e. The first-order valence-corrected chi connectivity index (χ1v) is 14.3. The van der Waals surface area contributed by atoms with Gasteiger partial charge in [-0.15, -0.1) is 11.8 Å². The number of nitrogens with zero attached hydrogens (tertiary/aromatic N) is 1. The number of para-hydroxylation sites is 2. The monoisotopic (exact) mass is 594 g/mol. The van der Waals surface area contributed by atoms with Crippen LogP contribution in [0.5, 0.6) is 0 Å². The number of amides is 3. The van der Waals surface area contributed by atoms with Crippen LogP contribution in [0, 0.1) is 24.0 Å². The molecule has 218 valence electrons. The van der Waals surface area contributed by atoms with E-state index >= 15 is 0 Å². The van der Waals surface area contributed by atoms with Gasteiger partial charge in [-0.1, -0.05) is 48.5 Å². The average molecular weight is 595 g/mol. The van der Waals surface area contributed by atoms with Crippen molar-refractivity contribution in [1.82, 2.24) is 5.32 Å². The summed E-state index contributed by atoms with van der Waals surface area (Å²) in [4.78, 5) is 50.8. The summed E-state index contributed by atoms with van der Waals surface area (Å²) in [6.45, 7) is 5.71. The molecular formula is C33H30N4O5S. The molecule has 0 spiro atoms. The molecule has 0 aliphatic carbocycles. The van der Waals surface area contributed by atoms with Crippen LogP contribution in [0.2, 0.25) is 0 Å². The van der Waals surface area contributed by atoms with Gasteiger partial charge in [-0.05, 0) is 80.4 Å². The van der Waals surface area contributed by atoms with E-state index in [0.717, 1.165) is 21.7 Å². The van der Waals surface area contributed by atoms with Crippen molar-refractivity contribution in [3.05, 3.63) is 135 Å². The summed E-state index contributed by atoms with van der Waals surface area (Å²) >= 11 is 1.37. The molecule has 0 heterocycles. The van der Waals surface area contributed by atoms with Gasteiger partial charge in [0.25, 0.3) is 17.5 Å². The van der Waals surface area contributed by atoms with Gasteiger partial charge in [0.1, 0.15) is 5.70 Å². The number of nitro benzene ring substituents is 1. The van der Waals surface area contributed by atoms with Crippen LogP contribution in [0.1, 0.15) is 34.0 Å². The van der Waals surface area contributed by atoms with Gasteiger partial charge >= 0.3 is 0 Å². The fourth-order valence-corrected chi connectivity index (χ4v) is 5.05. The van der Waals surface area contributed by atoms with Crippen molar-refractivity contribution in [3.63, 3.8) is 0 Å². The molecule has 0 saturated carbocycles. The predicted octanol–water partition coefficient (Wildman–Crippen LogP) is 6.74. The molecule has 4 aromatic carbocycles. The SMILES string of the molecule is Cc1cccc(C)c1NC(=O)C(C)Sc1ccc(NC(=O)/C(=C/c2ccccc2[N+](=O)[O-])NC(=O)c2ccccc2)cc1. The fourth-order valence-electron chi connectivity index (χ4n) is 4.18. The van der Waals surface area contributed by atoms with Gasteiger partial charge in [-0.2, -0.15) is 0 Å². The largest absolute Gasteiger partial charge is 0.325 e. The number of nitro groups is 1. The normalized spacial score (nSPS) is 11.7. The van der Waals surface area contributed by atoms with E-state index in [9.17, 15) is 24.5 Å². The molecule has 1 unspecified atom stereocenters. The number of nitrogens with one attached hydrogen (secondary N) is 3. The Kier molecular flexibility index (Phi) is 10.1. The summed E-state index contributed by atoms with van der Waals surface area (Å²) in [5, 5.41) is 19.5. The van der Waals surface area contributed by atoms with Crippen LogP contribution in [0.4, 0.5) is 17.1 Å². The Morgan fingerprint density at radius 2 is 1.44 bits per heavy atom. The molecule has 1 atom stereocenters. The summed E-state index contributed by atoms with van der Waals surface area (Å²) < 4.78 is 0. The van der Waals surface area contributed by atoms with Gasteiger partial charge in [0, 0.05) is 27.9 Å². The van der Waals surface area contributed by atoms with Crippen molar-refractivity contribution in [3.8, 4) is 0 Å². The lowest BCUT2D eigenvalue weighted by molar-refractivity contribution is -0.385. The van der Waals surface area contributed by atoms with E-state index < -0.39 is 16.7 Å². The zero-order chi connectivity index (χ0) is 30.9. The van der Waals surface area contributed by atoms with Crippen LogP contribution in [0.3, 0.4) is 0 Å². The maximum atomic E-state index is 13.3. The third-order valence-electron chi connectivity index (χ3n) is 6.49. The van der Waals surface area contributed by atoms with Gasteiger partial charge in [-0.25, -0.2) is 0 Å². The smallest absolute Gasteiger partial charge is 0.276 e. The Balaban J connectivity index is 1.48. The molecule has 4 rings (SSSR count). The molecular weight excluding hydrogens is 564 g/mol. The number of aryl methyl sites for hydroxylation is 2. The zero-order valence-electron chi connectivity index (χ0n) is 23.8. The Bertz CT molecular complexity index is 1670. The topological polar surface area (TPSA) is 130 Å². The molecule has 43 heavy (non-hydrogen) atoms. The number of rotatable bonds is 10. The van der Waals surface area contributed by atoms with E-state index in [-0.39, 0.29) is 28.1 Å². The third-order valence-corrected chi connectivity index (χ3v) is 7.60. The predicted molar refractivity (Wildman–Crippen MR) is 170 cm³/mol. The minimum atomic E-state index is -0.663. The minimum Gasteiger partial charge on any atom is -0.325 e. The number of anilines is 2. The molecule has 0 aliphatic rings. The standard InChI is InChI=1S/C33H30N4O5S/c1-21-10-9-11-22(2)30(21)36-31(38)23(3)43-27-18-16-26(17-19-27)34-33(40)28(35-32(39)24-12-5-4-6-13-24)20-25-14-7-8-15-29(25)37(41)42/h4-20,23H,1-3H3,(H,34,40)(H,35,39)(H,36,38)/b28-20-. The first-order chi connectivity index (χ1) is 20.6. The number of hydrogen-bond donors (Lipinski definition) is 3. The van der Waals surface area contributed by atoms with Crippen molar-refractivity contribution in [1.29, 1.82) is 0 Å². The Morgan fingerprint density at radius 1 is 0.814 bits per heavy atom. The summed E-state index contributed by atoms with van der Waals surface area (Å²) in [6.07, 6.45) is 1.27. The van der Waals surface area contributed by atoms with Crippen LogP contribution >= 0.6 is 11.8 Å². The molecule has 9 nitrogen and oxygen atoms in total. The molecule has 0 aliphatic heterocycles. The Hall–Kier alpha value is -5.22. The highest BCUT2D eigenvalue weighted by Crippen LogP contribution is 2.27. The number of hydrogen-bond acceptors (Lipinski definition) is 6. The van der Waals surface area contributed by atoms with Crippen molar-refractivity contribution in [2.24, 2.45) is 0 Å². The fraction of sp³-hybridized carbons (Fsp3) is 0.121. The van der Waals surface area contributed by atoms with E-state index in [0.29, 0.717) is 11.3 Å². The summed E-state index contributed by atoms with van der Waals surface area (Å²) in [5.41, 5.74) is 3.32. The Labute approximate surface area is 253 Å². The van der Waals surface area contributed by atoms with E-state index in [4.69, 9.17) is 0 Å². The van der Waals surface area contributed by atoms with Gasteiger partial charge in [0.2, 0.25) is 5.91 Å². The molecule has 0 radical (unpaired) electrons. The van der Waals surface area contributed by atoms with E-state index in [2.05, 4.69) is 16.0 Å². The number of benzene rings is 4. The molecule has 0 fully saturated rings. The number of carbonyl (C=O) groups is 3. The molecule has 4 aromatic rings. The lowest BCUT2D eigenvalue weighted by atomic mass is 10.1. The lowest BCUT2D eigenvalue weighted by Crippen LogP contribution is -2.30. The third kappa shape index (κ3) is 8.17. The quantitative estimate of drug-likeness (QED) is 0.0807. The van der Waals surface area contributed by atoms with Gasteiger partial charge < -0.3 is 16.0 Å². The summed E-state index contributed by atoms with van der Waals surface area (Å²) in [5.74, 6) is -1.33. The summed E-state index contributed by atoms with van der Waals surface area (Å²) in [6, 6.07) is 27.0. The second-order valence-electron chi connectivity index (χ2n) is 9.69. The average Bonchev–Trinajstić information content (AvgIpc) is 3.00. The number of carbonyl (C=O) groups excluding carboxylic acids is 3. The van der Waals surface area contributed by atoms with E-state index in [1.54, 1.807) is 60.7 Å². The van der Waals surface area contributed by atoms with Crippen LogP contribution in [0.25, 0.3) is 6.08 Å². The second kappa shape index (κ2) is 14.1. The van der Waals surface area contributed by atoms with Crippen LogP contribution in [0.15, 0.2) is 108 Å². The van der Waals surface area contributed by atoms with Crippen molar-refractivity contribution in [2.45, 2.75) is 30.9 Å². The number of thioether (sulfide) groups is 1. The molecule has 3 N–H and O–H groups in total. The second-order valence-corrected chi connectivity index (χ2v) is 11.1. The van der Waals surface area contributed by atoms with Crippen molar-refractivity contribution in [2.75, 3.05) is 10.6 Å². The van der Waals surface area contributed by atoms with Crippen LogP contribution in [-0.4, -0.2) is 27.9 Å². The maximum absolute atomic E-state index is 13.3. The minimum absolute atomic E-state index is 0.126. The lowest BCUT2D eigenvalue weighted by Gasteiger charge is -2.16. The first kappa shape index (κ1) is 30.7. The van der Waals surface area contributed by atoms with E-state index in [1.807, 2.05) is 39.0 Å². The zero-order valence-corrected chi connectivity index (χ0v) is 24.6. The Morgan fingerprint density at radius 3 is 2.09 bits per heavy atom. The molecule has 0 aromatic heterocycles. The molecule has 0 saturated heterocycles. The van der Waals surface area contributed by atoms with E-state index in [1.165, 1.54) is 36.0 Å². The van der Waals surface area contributed by atoms with Gasteiger partial charge in [0.05, 0.1) is 15.7 Å².